The Morgan fingerprint density at radius 1 is 1.27 bits per heavy atom. The topological polar surface area (TPSA) is 49.3 Å². The molecule has 0 bridgehead atoms. The van der Waals surface area contributed by atoms with Gasteiger partial charge in [0.05, 0.1) is 5.92 Å². The van der Waals surface area contributed by atoms with E-state index in [9.17, 15) is 9.90 Å². The minimum Gasteiger partial charge on any atom is -0.374 e. The second-order valence-corrected chi connectivity index (χ2v) is 6.79. The third-order valence-electron chi connectivity index (χ3n) is 3.55. The largest absolute Gasteiger partial charge is 0.374 e. The highest BCUT2D eigenvalue weighted by Gasteiger charge is 2.19. The zero-order valence-electron chi connectivity index (χ0n) is 13.2. The number of carbonyl (C=O) groups is 1. The monoisotopic (exact) mass is 341 g/mol. The normalized spacial score (nSPS) is 13.6. The van der Waals surface area contributed by atoms with E-state index in [4.69, 9.17) is 0 Å². The van der Waals surface area contributed by atoms with Gasteiger partial charge in [-0.3, -0.25) is 4.79 Å². The van der Waals surface area contributed by atoms with Crippen LogP contribution in [0.25, 0.3) is 0 Å². The van der Waals surface area contributed by atoms with Crippen LogP contribution in [0.2, 0.25) is 0 Å². The first-order chi connectivity index (χ1) is 10.7. The number of amides is 1. The molecule has 22 heavy (non-hydrogen) atoms. The summed E-state index contributed by atoms with van der Waals surface area (Å²) in [6.07, 6.45) is 5.80. The summed E-state index contributed by atoms with van der Waals surface area (Å²) in [4.78, 5) is 12.2. The summed E-state index contributed by atoms with van der Waals surface area (Å²) in [5.74, 6) is 1.30. The number of nitrogens with one attached hydrogen (secondary N) is 1. The second-order valence-electron chi connectivity index (χ2n) is 5.44. The van der Waals surface area contributed by atoms with Gasteiger partial charge in [-0.05, 0) is 43.3 Å². The zero-order valence-corrected chi connectivity index (χ0v) is 14.9. The number of carbonyl (C=O) groups excluding carboxylic acids is 1. The highest BCUT2D eigenvalue weighted by Crippen LogP contribution is 2.12. The van der Waals surface area contributed by atoms with Gasteiger partial charge in [-0.25, -0.2) is 0 Å². The number of aliphatic hydroxyl groups excluding tert-OH is 1. The molecule has 0 radical (unpaired) electrons. The van der Waals surface area contributed by atoms with Crippen LogP contribution in [0.1, 0.15) is 31.2 Å². The van der Waals surface area contributed by atoms with Gasteiger partial charge in [0.25, 0.3) is 0 Å². The lowest BCUT2D eigenvalue weighted by atomic mass is 10.00. The maximum Gasteiger partial charge on any atom is 0.226 e. The van der Waals surface area contributed by atoms with Gasteiger partial charge in [-0.15, -0.1) is 0 Å². The van der Waals surface area contributed by atoms with E-state index in [1.54, 1.807) is 0 Å². The molecule has 0 saturated carbocycles. The van der Waals surface area contributed by atoms with Gasteiger partial charge in [0.15, 0.2) is 0 Å². The SMILES string of the molecule is CSCCCCCC(O)NC(=O)C(CS)Cc1ccccc1. The second kappa shape index (κ2) is 11.9. The number of aliphatic hydroxyl groups is 1. The minimum absolute atomic E-state index is 0.115. The molecule has 0 aliphatic carbocycles. The molecule has 2 unspecified atom stereocenters. The first-order valence-electron chi connectivity index (χ1n) is 7.79. The number of thiol groups is 1. The molecular weight excluding hydrogens is 314 g/mol. The maximum absolute atomic E-state index is 12.2. The standard InChI is InChI=1S/C17H27NO2S2/c1-22-11-7-3-6-10-16(19)18-17(20)15(13-21)12-14-8-4-2-5-9-14/h2,4-5,8-9,15-16,19,21H,3,6-7,10-13H2,1H3,(H,18,20). The molecule has 0 aromatic heterocycles. The first-order valence-corrected chi connectivity index (χ1v) is 9.82. The van der Waals surface area contributed by atoms with Gasteiger partial charge < -0.3 is 10.4 Å². The van der Waals surface area contributed by atoms with Crippen molar-refractivity contribution in [3.63, 3.8) is 0 Å². The molecular formula is C17H27NO2S2. The smallest absolute Gasteiger partial charge is 0.226 e. The van der Waals surface area contributed by atoms with Crippen LogP contribution >= 0.6 is 24.4 Å². The number of benzene rings is 1. The third kappa shape index (κ3) is 8.11. The molecule has 0 fully saturated rings. The lowest BCUT2D eigenvalue weighted by Gasteiger charge is -2.18. The Bertz CT molecular complexity index is 414. The molecule has 1 aromatic rings. The molecule has 0 heterocycles. The number of unbranched alkanes of at least 4 members (excludes halogenated alkanes) is 2. The molecule has 3 nitrogen and oxygen atoms in total. The molecule has 0 saturated heterocycles. The van der Waals surface area contributed by atoms with Crippen LogP contribution in [-0.4, -0.2) is 35.0 Å². The van der Waals surface area contributed by atoms with Crippen LogP contribution in [0, 0.1) is 5.92 Å². The van der Waals surface area contributed by atoms with E-state index in [1.165, 1.54) is 0 Å². The summed E-state index contributed by atoms with van der Waals surface area (Å²) in [5, 5.41) is 12.6. The van der Waals surface area contributed by atoms with Crippen LogP contribution < -0.4 is 5.32 Å². The van der Waals surface area contributed by atoms with Crippen LogP contribution in [-0.2, 0) is 11.2 Å². The van der Waals surface area contributed by atoms with Crippen molar-refractivity contribution in [2.45, 2.75) is 38.3 Å². The van der Waals surface area contributed by atoms with Gasteiger partial charge >= 0.3 is 0 Å². The zero-order chi connectivity index (χ0) is 16.2. The van der Waals surface area contributed by atoms with Crippen LogP contribution in [0.3, 0.4) is 0 Å². The molecule has 0 aliphatic heterocycles. The van der Waals surface area contributed by atoms with E-state index in [0.717, 1.165) is 30.6 Å². The van der Waals surface area contributed by atoms with Gasteiger partial charge in [0.2, 0.25) is 5.91 Å². The molecule has 5 heteroatoms. The van der Waals surface area contributed by atoms with Crippen molar-refractivity contribution in [1.82, 2.24) is 5.32 Å². The van der Waals surface area contributed by atoms with Crippen molar-refractivity contribution in [3.8, 4) is 0 Å². The lowest BCUT2D eigenvalue weighted by Crippen LogP contribution is -2.40. The molecule has 1 amide bonds. The molecule has 0 spiro atoms. The molecule has 1 aromatic carbocycles. The van der Waals surface area contributed by atoms with Crippen molar-refractivity contribution in [2.75, 3.05) is 17.8 Å². The Kier molecular flexibility index (Phi) is 10.5. The molecule has 1 rings (SSSR count). The lowest BCUT2D eigenvalue weighted by molar-refractivity contribution is -0.127. The molecule has 2 atom stereocenters. The van der Waals surface area contributed by atoms with Gasteiger partial charge in [0.1, 0.15) is 6.23 Å². The van der Waals surface area contributed by atoms with Crippen molar-refractivity contribution in [1.29, 1.82) is 0 Å². The van der Waals surface area contributed by atoms with Crippen LogP contribution in [0.4, 0.5) is 0 Å². The van der Waals surface area contributed by atoms with Crippen molar-refractivity contribution in [3.05, 3.63) is 35.9 Å². The average Bonchev–Trinajstić information content (AvgIpc) is 2.53. The van der Waals surface area contributed by atoms with Crippen molar-refractivity contribution in [2.24, 2.45) is 5.92 Å². The Morgan fingerprint density at radius 2 is 2.00 bits per heavy atom. The fourth-order valence-corrected chi connectivity index (χ4v) is 3.04. The van der Waals surface area contributed by atoms with Crippen molar-refractivity contribution < 1.29 is 9.90 Å². The highest BCUT2D eigenvalue weighted by atomic mass is 32.2. The van der Waals surface area contributed by atoms with Crippen LogP contribution in [0.15, 0.2) is 30.3 Å². The van der Waals surface area contributed by atoms with E-state index in [-0.39, 0.29) is 11.8 Å². The highest BCUT2D eigenvalue weighted by molar-refractivity contribution is 7.98. The Balaban J connectivity index is 2.31. The summed E-state index contributed by atoms with van der Waals surface area (Å²) >= 11 is 6.11. The minimum atomic E-state index is -0.750. The number of hydrogen-bond donors (Lipinski definition) is 3. The van der Waals surface area contributed by atoms with Crippen molar-refractivity contribution >= 4 is 30.3 Å². The summed E-state index contributed by atoms with van der Waals surface area (Å²) in [6, 6.07) is 9.90. The third-order valence-corrected chi connectivity index (χ3v) is 4.69. The fourth-order valence-electron chi connectivity index (χ4n) is 2.25. The number of thioether (sulfide) groups is 1. The fraction of sp³-hybridized carbons (Fsp3) is 0.588. The summed E-state index contributed by atoms with van der Waals surface area (Å²) < 4.78 is 0. The van der Waals surface area contributed by atoms with E-state index in [2.05, 4.69) is 24.2 Å². The average molecular weight is 342 g/mol. The molecule has 2 N–H and O–H groups in total. The number of rotatable bonds is 11. The summed E-state index contributed by atoms with van der Waals surface area (Å²) in [6.45, 7) is 0. The predicted octanol–water partition coefficient (Wildman–Crippen LogP) is 3.13. The first kappa shape index (κ1) is 19.4. The Hall–Kier alpha value is -0.650. The predicted molar refractivity (Wildman–Crippen MR) is 98.5 cm³/mol. The van der Waals surface area contributed by atoms with E-state index < -0.39 is 6.23 Å². The molecule has 0 aliphatic rings. The number of hydrogen-bond acceptors (Lipinski definition) is 4. The quantitative estimate of drug-likeness (QED) is 0.329. The van der Waals surface area contributed by atoms with E-state index in [1.807, 2.05) is 42.1 Å². The Labute approximate surface area is 143 Å². The summed E-state index contributed by atoms with van der Waals surface area (Å²) in [5.41, 5.74) is 1.11. The van der Waals surface area contributed by atoms with Gasteiger partial charge in [-0.2, -0.15) is 24.4 Å². The molecule has 124 valence electrons. The Morgan fingerprint density at radius 3 is 2.64 bits per heavy atom. The van der Waals surface area contributed by atoms with E-state index in [0.29, 0.717) is 18.6 Å². The van der Waals surface area contributed by atoms with Crippen LogP contribution in [0.5, 0.6) is 0 Å². The summed E-state index contributed by atoms with van der Waals surface area (Å²) in [7, 11) is 0. The van der Waals surface area contributed by atoms with E-state index >= 15 is 0 Å². The van der Waals surface area contributed by atoms with Gasteiger partial charge in [0, 0.05) is 5.75 Å². The maximum atomic E-state index is 12.2. The van der Waals surface area contributed by atoms with Gasteiger partial charge in [-0.1, -0.05) is 36.8 Å².